The number of nitrogens with zero attached hydrogens (tertiary/aromatic N) is 2. The molecule has 2 fully saturated rings. The van der Waals surface area contributed by atoms with Crippen LogP contribution in [0.25, 0.3) is 0 Å². The third-order valence-corrected chi connectivity index (χ3v) is 4.76. The molecule has 2 N–H and O–H groups in total. The first kappa shape index (κ1) is 21.0. The molecule has 0 unspecified atom stereocenters. The van der Waals surface area contributed by atoms with E-state index < -0.39 is 30.3 Å². The Morgan fingerprint density at radius 3 is 2.26 bits per heavy atom. The number of hydrogen-bond acceptors (Lipinski definition) is 5. The number of carbonyl (C=O) groups excluding carboxylic acids is 3. The molecule has 3 amide bonds. The van der Waals surface area contributed by atoms with Gasteiger partial charge in [-0.2, -0.15) is 0 Å². The van der Waals surface area contributed by atoms with Gasteiger partial charge in [0.15, 0.2) is 0 Å². The summed E-state index contributed by atoms with van der Waals surface area (Å²) in [5, 5.41) is 11.0. The zero-order valence-corrected chi connectivity index (χ0v) is 16.2. The molecule has 0 spiro atoms. The number of aliphatic carboxylic acids is 1. The van der Waals surface area contributed by atoms with E-state index in [1.165, 1.54) is 4.90 Å². The first-order chi connectivity index (χ1) is 12.6. The first-order valence-electron chi connectivity index (χ1n) is 9.36. The van der Waals surface area contributed by atoms with E-state index in [1.807, 2.05) is 0 Å². The minimum Gasteiger partial charge on any atom is -0.480 e. The molecule has 2 saturated heterocycles. The summed E-state index contributed by atoms with van der Waals surface area (Å²) in [5.41, 5.74) is -0.616. The zero-order chi connectivity index (χ0) is 20.2. The van der Waals surface area contributed by atoms with Gasteiger partial charge < -0.3 is 20.1 Å². The fraction of sp³-hybridized carbons (Fsp3) is 0.778. The SMILES string of the molecule is CC(C)(C)OC(=O)N1CCC[C@H]1C(=O)N1CCC(C(=O)NCC(=O)O)CC1. The van der Waals surface area contributed by atoms with Crippen LogP contribution < -0.4 is 5.32 Å². The highest BCUT2D eigenvalue weighted by Gasteiger charge is 2.39. The van der Waals surface area contributed by atoms with Crippen molar-refractivity contribution in [1.29, 1.82) is 0 Å². The van der Waals surface area contributed by atoms with Crippen LogP contribution in [0.2, 0.25) is 0 Å². The summed E-state index contributed by atoms with van der Waals surface area (Å²) in [6, 6.07) is -0.516. The highest BCUT2D eigenvalue weighted by Crippen LogP contribution is 2.25. The lowest BCUT2D eigenvalue weighted by Crippen LogP contribution is -2.51. The molecule has 0 radical (unpaired) electrons. The van der Waals surface area contributed by atoms with Gasteiger partial charge in [-0.25, -0.2) is 4.79 Å². The van der Waals surface area contributed by atoms with E-state index in [0.29, 0.717) is 38.9 Å². The number of nitrogens with one attached hydrogen (secondary N) is 1. The summed E-state index contributed by atoms with van der Waals surface area (Å²) >= 11 is 0. The summed E-state index contributed by atoms with van der Waals surface area (Å²) in [7, 11) is 0. The van der Waals surface area contributed by atoms with Gasteiger partial charge in [-0.3, -0.25) is 19.3 Å². The van der Waals surface area contributed by atoms with Crippen molar-refractivity contribution in [1.82, 2.24) is 15.1 Å². The summed E-state index contributed by atoms with van der Waals surface area (Å²) in [5.74, 6) is -1.78. The van der Waals surface area contributed by atoms with Gasteiger partial charge in [-0.1, -0.05) is 0 Å². The van der Waals surface area contributed by atoms with Crippen molar-refractivity contribution >= 4 is 23.9 Å². The molecule has 2 heterocycles. The van der Waals surface area contributed by atoms with Gasteiger partial charge in [0.2, 0.25) is 11.8 Å². The summed E-state index contributed by atoms with van der Waals surface area (Å²) < 4.78 is 5.40. The molecule has 0 bridgehead atoms. The largest absolute Gasteiger partial charge is 0.480 e. The molecule has 2 aliphatic heterocycles. The average molecular weight is 383 g/mol. The standard InChI is InChI=1S/C18H29N3O6/c1-18(2,3)27-17(26)21-8-4-5-13(21)16(25)20-9-6-12(7-10-20)15(24)19-11-14(22)23/h12-13H,4-11H2,1-3H3,(H,19,24)(H,22,23)/t13-/m0/s1. The topological polar surface area (TPSA) is 116 Å². The Kier molecular flexibility index (Phi) is 6.67. The number of carbonyl (C=O) groups is 4. The number of likely N-dealkylation sites (tertiary alicyclic amines) is 2. The van der Waals surface area contributed by atoms with E-state index in [1.54, 1.807) is 25.7 Å². The number of piperidine rings is 1. The Labute approximate surface area is 159 Å². The van der Waals surface area contributed by atoms with E-state index in [4.69, 9.17) is 9.84 Å². The van der Waals surface area contributed by atoms with Crippen molar-refractivity contribution in [3.63, 3.8) is 0 Å². The third-order valence-electron chi connectivity index (χ3n) is 4.76. The lowest BCUT2D eigenvalue weighted by Gasteiger charge is -2.35. The van der Waals surface area contributed by atoms with Crippen LogP contribution in [0.5, 0.6) is 0 Å². The molecule has 0 aromatic rings. The summed E-state index contributed by atoms with van der Waals surface area (Å²) in [6.45, 7) is 6.31. The van der Waals surface area contributed by atoms with Gasteiger partial charge in [-0.15, -0.1) is 0 Å². The lowest BCUT2D eigenvalue weighted by atomic mass is 9.95. The Morgan fingerprint density at radius 2 is 1.70 bits per heavy atom. The van der Waals surface area contributed by atoms with Crippen LogP contribution in [-0.2, 0) is 19.1 Å². The van der Waals surface area contributed by atoms with Crippen LogP contribution in [-0.4, -0.2) is 76.6 Å². The fourth-order valence-corrected chi connectivity index (χ4v) is 3.44. The maximum atomic E-state index is 12.9. The van der Waals surface area contributed by atoms with Crippen LogP contribution in [0, 0.1) is 5.92 Å². The highest BCUT2D eigenvalue weighted by molar-refractivity contribution is 5.87. The highest BCUT2D eigenvalue weighted by atomic mass is 16.6. The van der Waals surface area contributed by atoms with Gasteiger partial charge in [0.25, 0.3) is 0 Å². The van der Waals surface area contributed by atoms with Gasteiger partial charge in [0.1, 0.15) is 18.2 Å². The average Bonchev–Trinajstić information content (AvgIpc) is 3.07. The van der Waals surface area contributed by atoms with E-state index in [0.717, 1.165) is 6.42 Å². The van der Waals surface area contributed by atoms with Crippen molar-refractivity contribution in [2.45, 2.75) is 58.1 Å². The second-order valence-corrected chi connectivity index (χ2v) is 8.04. The van der Waals surface area contributed by atoms with E-state index >= 15 is 0 Å². The number of carboxylic acid groups (broad SMARTS) is 1. The van der Waals surface area contributed by atoms with Gasteiger partial charge >= 0.3 is 12.1 Å². The van der Waals surface area contributed by atoms with Crippen LogP contribution in [0.3, 0.4) is 0 Å². The Hall–Kier alpha value is -2.32. The molecule has 0 aromatic heterocycles. The maximum Gasteiger partial charge on any atom is 0.410 e. The summed E-state index contributed by atoms with van der Waals surface area (Å²) in [4.78, 5) is 50.9. The van der Waals surface area contributed by atoms with Crippen LogP contribution in [0.1, 0.15) is 46.5 Å². The fourth-order valence-electron chi connectivity index (χ4n) is 3.44. The molecule has 0 aromatic carbocycles. The molecular weight excluding hydrogens is 354 g/mol. The second-order valence-electron chi connectivity index (χ2n) is 8.04. The van der Waals surface area contributed by atoms with Crippen molar-refractivity contribution in [2.75, 3.05) is 26.2 Å². The van der Waals surface area contributed by atoms with Gasteiger partial charge in [0.05, 0.1) is 0 Å². The zero-order valence-electron chi connectivity index (χ0n) is 16.2. The van der Waals surface area contributed by atoms with Crippen molar-refractivity contribution in [3.8, 4) is 0 Å². The Bertz CT molecular complexity index is 592. The minimum absolute atomic E-state index is 0.109. The predicted molar refractivity (Wildman–Crippen MR) is 95.9 cm³/mol. The predicted octanol–water partition coefficient (Wildman–Crippen LogP) is 0.825. The smallest absolute Gasteiger partial charge is 0.410 e. The Balaban J connectivity index is 1.88. The number of rotatable bonds is 4. The molecule has 9 nitrogen and oxygen atoms in total. The number of ether oxygens (including phenoxy) is 1. The Morgan fingerprint density at radius 1 is 1.07 bits per heavy atom. The molecule has 27 heavy (non-hydrogen) atoms. The molecule has 9 heteroatoms. The van der Waals surface area contributed by atoms with Crippen LogP contribution >= 0.6 is 0 Å². The van der Waals surface area contributed by atoms with Crippen molar-refractivity contribution < 1.29 is 29.0 Å². The molecule has 1 atom stereocenters. The van der Waals surface area contributed by atoms with Crippen LogP contribution in [0.4, 0.5) is 4.79 Å². The number of amides is 3. The quantitative estimate of drug-likeness (QED) is 0.743. The maximum absolute atomic E-state index is 12.9. The lowest BCUT2D eigenvalue weighted by molar-refractivity contribution is -0.140. The normalized spacial score (nSPS) is 21.1. The molecule has 152 valence electrons. The molecule has 0 saturated carbocycles. The third kappa shape index (κ3) is 5.83. The van der Waals surface area contributed by atoms with Gasteiger partial charge in [0, 0.05) is 25.6 Å². The molecule has 0 aliphatic carbocycles. The first-order valence-corrected chi connectivity index (χ1v) is 9.36. The number of carboxylic acids is 1. The monoisotopic (exact) mass is 383 g/mol. The van der Waals surface area contributed by atoms with Crippen molar-refractivity contribution in [2.24, 2.45) is 5.92 Å². The van der Waals surface area contributed by atoms with E-state index in [9.17, 15) is 19.2 Å². The van der Waals surface area contributed by atoms with E-state index in [-0.39, 0.29) is 17.7 Å². The minimum atomic E-state index is -1.08. The van der Waals surface area contributed by atoms with Gasteiger partial charge in [-0.05, 0) is 46.5 Å². The molecule has 2 aliphatic rings. The number of hydrogen-bond donors (Lipinski definition) is 2. The summed E-state index contributed by atoms with van der Waals surface area (Å²) in [6.07, 6.45) is 1.86. The van der Waals surface area contributed by atoms with Crippen molar-refractivity contribution in [3.05, 3.63) is 0 Å². The molecule has 2 rings (SSSR count). The van der Waals surface area contributed by atoms with E-state index in [2.05, 4.69) is 5.32 Å². The molecular formula is C18H29N3O6. The second kappa shape index (κ2) is 8.58. The van der Waals surface area contributed by atoms with Crippen LogP contribution in [0.15, 0.2) is 0 Å².